The number of hydrogen-bond donors (Lipinski definition) is 1. The number of fused-ring (bicyclic) bond motifs is 1. The normalized spacial score (nSPS) is 12.3. The molecule has 2 nitrogen and oxygen atoms in total. The molecule has 1 heterocycles. The fraction of sp³-hybridized carbons (Fsp3) is 0.318. The third kappa shape index (κ3) is 3.62. The van der Waals surface area contributed by atoms with Gasteiger partial charge in [0.25, 0.3) is 5.91 Å². The van der Waals surface area contributed by atoms with E-state index in [1.807, 2.05) is 30.3 Å². The molecule has 0 spiro atoms. The van der Waals surface area contributed by atoms with Gasteiger partial charge in [-0.15, -0.1) is 11.3 Å². The number of para-hydroxylation sites is 1. The van der Waals surface area contributed by atoms with Crippen molar-refractivity contribution in [3.63, 3.8) is 0 Å². The SMILES string of the molecule is CCCc1c(C(=O)Nc2ccccc2C(C)CC)sc2ccccc12. The van der Waals surface area contributed by atoms with Gasteiger partial charge in [-0.2, -0.15) is 0 Å². The second-order valence-electron chi connectivity index (χ2n) is 6.51. The summed E-state index contributed by atoms with van der Waals surface area (Å²) >= 11 is 1.60. The minimum absolute atomic E-state index is 0.0143. The van der Waals surface area contributed by atoms with Gasteiger partial charge in [-0.05, 0) is 47.4 Å². The number of aryl methyl sites for hydroxylation is 1. The molecule has 25 heavy (non-hydrogen) atoms. The summed E-state index contributed by atoms with van der Waals surface area (Å²) in [6.45, 7) is 6.54. The Hall–Kier alpha value is -2.13. The number of carbonyl (C=O) groups excluding carboxylic acids is 1. The van der Waals surface area contributed by atoms with Gasteiger partial charge in [0.2, 0.25) is 0 Å². The summed E-state index contributed by atoms with van der Waals surface area (Å²) in [6.07, 6.45) is 3.01. The van der Waals surface area contributed by atoms with Crippen LogP contribution in [-0.4, -0.2) is 5.91 Å². The zero-order valence-corrected chi connectivity index (χ0v) is 16.0. The van der Waals surface area contributed by atoms with Crippen molar-refractivity contribution < 1.29 is 4.79 Å². The maximum absolute atomic E-state index is 13.0. The molecule has 1 N–H and O–H groups in total. The molecule has 130 valence electrons. The highest BCUT2D eigenvalue weighted by molar-refractivity contribution is 7.21. The maximum atomic E-state index is 13.0. The van der Waals surface area contributed by atoms with E-state index in [-0.39, 0.29) is 5.91 Å². The molecule has 1 aromatic heterocycles. The van der Waals surface area contributed by atoms with Crippen molar-refractivity contribution in [3.8, 4) is 0 Å². The monoisotopic (exact) mass is 351 g/mol. The Labute approximate surface area is 153 Å². The first-order valence-corrected chi connectivity index (χ1v) is 9.88. The van der Waals surface area contributed by atoms with Crippen molar-refractivity contribution in [2.75, 3.05) is 5.32 Å². The Morgan fingerprint density at radius 1 is 1.08 bits per heavy atom. The van der Waals surface area contributed by atoms with Crippen molar-refractivity contribution in [2.45, 2.75) is 46.0 Å². The molecule has 0 aliphatic heterocycles. The predicted molar refractivity (Wildman–Crippen MR) is 109 cm³/mol. The molecule has 0 bridgehead atoms. The van der Waals surface area contributed by atoms with Crippen LogP contribution in [0.4, 0.5) is 5.69 Å². The summed E-state index contributed by atoms with van der Waals surface area (Å²) in [6, 6.07) is 16.5. The van der Waals surface area contributed by atoms with E-state index in [4.69, 9.17) is 0 Å². The van der Waals surface area contributed by atoms with E-state index in [2.05, 4.69) is 44.3 Å². The molecule has 1 atom stereocenters. The lowest BCUT2D eigenvalue weighted by molar-refractivity contribution is 0.102. The Morgan fingerprint density at radius 2 is 1.80 bits per heavy atom. The largest absolute Gasteiger partial charge is 0.321 e. The van der Waals surface area contributed by atoms with Gasteiger partial charge in [-0.3, -0.25) is 4.79 Å². The Morgan fingerprint density at radius 3 is 2.56 bits per heavy atom. The van der Waals surface area contributed by atoms with Crippen LogP contribution in [0.15, 0.2) is 48.5 Å². The van der Waals surface area contributed by atoms with E-state index >= 15 is 0 Å². The Kier molecular flexibility index (Phi) is 5.54. The van der Waals surface area contributed by atoms with Crippen LogP contribution in [0.5, 0.6) is 0 Å². The molecule has 0 aliphatic carbocycles. The van der Waals surface area contributed by atoms with Crippen molar-refractivity contribution in [1.29, 1.82) is 0 Å². The van der Waals surface area contributed by atoms with E-state index in [1.165, 1.54) is 21.2 Å². The standard InChI is InChI=1S/C22H25NOS/c1-4-10-18-17-12-7-9-14-20(17)25-21(18)22(24)23-19-13-8-6-11-16(19)15(3)5-2/h6-9,11-15H,4-5,10H2,1-3H3,(H,23,24). The van der Waals surface area contributed by atoms with Gasteiger partial charge in [0.05, 0.1) is 4.88 Å². The van der Waals surface area contributed by atoms with Crippen LogP contribution < -0.4 is 5.32 Å². The van der Waals surface area contributed by atoms with Gasteiger partial charge in [0.15, 0.2) is 0 Å². The second kappa shape index (κ2) is 7.83. The lowest BCUT2D eigenvalue weighted by Crippen LogP contribution is -2.14. The zero-order valence-electron chi connectivity index (χ0n) is 15.1. The van der Waals surface area contributed by atoms with Crippen LogP contribution in [0.3, 0.4) is 0 Å². The van der Waals surface area contributed by atoms with Crippen molar-refractivity contribution >= 4 is 33.0 Å². The first-order chi connectivity index (χ1) is 12.2. The summed E-state index contributed by atoms with van der Waals surface area (Å²) in [5, 5.41) is 4.39. The Bertz CT molecular complexity index is 881. The van der Waals surface area contributed by atoms with Crippen LogP contribution in [-0.2, 0) is 6.42 Å². The van der Waals surface area contributed by atoms with Gasteiger partial charge >= 0.3 is 0 Å². The summed E-state index contributed by atoms with van der Waals surface area (Å²) < 4.78 is 1.19. The number of carbonyl (C=O) groups is 1. The fourth-order valence-electron chi connectivity index (χ4n) is 3.22. The summed E-state index contributed by atoms with van der Waals surface area (Å²) in [5.74, 6) is 0.439. The Balaban J connectivity index is 1.97. The van der Waals surface area contributed by atoms with Gasteiger partial charge < -0.3 is 5.32 Å². The number of benzene rings is 2. The highest BCUT2D eigenvalue weighted by atomic mass is 32.1. The average Bonchev–Trinajstić information content (AvgIpc) is 3.01. The molecule has 0 aliphatic rings. The number of thiophene rings is 1. The number of amides is 1. The predicted octanol–water partition coefficient (Wildman–Crippen LogP) is 6.62. The zero-order chi connectivity index (χ0) is 17.8. The molecule has 0 radical (unpaired) electrons. The van der Waals surface area contributed by atoms with Crippen molar-refractivity contribution in [1.82, 2.24) is 0 Å². The first kappa shape index (κ1) is 17.7. The third-order valence-corrected chi connectivity index (χ3v) is 5.97. The quantitative estimate of drug-likeness (QED) is 0.531. The van der Waals surface area contributed by atoms with Gasteiger partial charge in [0.1, 0.15) is 0 Å². The maximum Gasteiger partial charge on any atom is 0.266 e. The fourth-order valence-corrected chi connectivity index (χ4v) is 4.37. The topological polar surface area (TPSA) is 29.1 Å². The summed E-state index contributed by atoms with van der Waals surface area (Å²) in [5.41, 5.74) is 3.32. The van der Waals surface area contributed by atoms with Crippen LogP contribution in [0.1, 0.15) is 60.3 Å². The molecular weight excluding hydrogens is 326 g/mol. The minimum Gasteiger partial charge on any atom is -0.321 e. The van der Waals surface area contributed by atoms with Crippen LogP contribution in [0.2, 0.25) is 0 Å². The molecule has 1 unspecified atom stereocenters. The highest BCUT2D eigenvalue weighted by Gasteiger charge is 2.19. The van der Waals surface area contributed by atoms with Crippen LogP contribution >= 0.6 is 11.3 Å². The van der Waals surface area contributed by atoms with Crippen LogP contribution in [0, 0.1) is 0 Å². The molecule has 0 saturated carbocycles. The number of nitrogens with one attached hydrogen (secondary N) is 1. The molecule has 3 aromatic rings. The molecule has 3 rings (SSSR count). The van der Waals surface area contributed by atoms with E-state index in [9.17, 15) is 4.79 Å². The lowest BCUT2D eigenvalue weighted by atomic mass is 9.97. The molecule has 2 aromatic carbocycles. The second-order valence-corrected chi connectivity index (χ2v) is 7.56. The van der Waals surface area contributed by atoms with E-state index in [1.54, 1.807) is 11.3 Å². The molecule has 0 fully saturated rings. The molecule has 1 amide bonds. The van der Waals surface area contributed by atoms with E-state index in [0.29, 0.717) is 5.92 Å². The molecular formula is C22H25NOS. The van der Waals surface area contributed by atoms with Gasteiger partial charge in [0, 0.05) is 10.4 Å². The molecule has 0 saturated heterocycles. The van der Waals surface area contributed by atoms with Crippen molar-refractivity contribution in [3.05, 3.63) is 64.5 Å². The average molecular weight is 352 g/mol. The van der Waals surface area contributed by atoms with Gasteiger partial charge in [-0.25, -0.2) is 0 Å². The highest BCUT2D eigenvalue weighted by Crippen LogP contribution is 2.34. The summed E-state index contributed by atoms with van der Waals surface area (Å²) in [4.78, 5) is 13.9. The first-order valence-electron chi connectivity index (χ1n) is 9.06. The summed E-state index contributed by atoms with van der Waals surface area (Å²) in [7, 11) is 0. The van der Waals surface area contributed by atoms with Gasteiger partial charge in [-0.1, -0.05) is 63.6 Å². The number of hydrogen-bond acceptors (Lipinski definition) is 2. The van der Waals surface area contributed by atoms with Crippen molar-refractivity contribution in [2.24, 2.45) is 0 Å². The van der Waals surface area contributed by atoms with Crippen LogP contribution in [0.25, 0.3) is 10.1 Å². The third-order valence-electron chi connectivity index (χ3n) is 4.76. The smallest absolute Gasteiger partial charge is 0.266 e. The van der Waals surface area contributed by atoms with E-state index in [0.717, 1.165) is 29.8 Å². The lowest BCUT2D eigenvalue weighted by Gasteiger charge is -2.15. The molecule has 3 heteroatoms. The minimum atomic E-state index is 0.0143. The number of anilines is 1. The number of rotatable bonds is 6. The van der Waals surface area contributed by atoms with E-state index < -0.39 is 0 Å².